The molecule has 5 heteroatoms. The van der Waals surface area contributed by atoms with Gasteiger partial charge in [0, 0.05) is 0 Å². The molecular weight excluding hydrogens is 218 g/mol. The molecule has 88 valence electrons. The Morgan fingerprint density at radius 3 is 2.82 bits per heavy atom. The first-order chi connectivity index (χ1) is 8.15. The van der Waals surface area contributed by atoms with Crippen molar-refractivity contribution in [3.8, 4) is 0 Å². The molecular formula is C12H13N3O2. The molecule has 0 saturated heterocycles. The lowest BCUT2D eigenvalue weighted by Gasteiger charge is -2.14. The van der Waals surface area contributed by atoms with E-state index in [0.717, 1.165) is 0 Å². The molecule has 0 bridgehead atoms. The lowest BCUT2D eigenvalue weighted by Crippen LogP contribution is -2.33. The molecule has 1 amide bonds. The first-order valence-electron chi connectivity index (χ1n) is 5.40. The van der Waals surface area contributed by atoms with Crippen molar-refractivity contribution in [3.05, 3.63) is 40.9 Å². The number of fused-ring (bicyclic) bond motifs is 1. The second-order valence-corrected chi connectivity index (χ2v) is 3.80. The van der Waals surface area contributed by atoms with Crippen LogP contribution in [0.1, 0.15) is 19.4 Å². The van der Waals surface area contributed by atoms with Gasteiger partial charge in [-0.2, -0.15) is 0 Å². The van der Waals surface area contributed by atoms with E-state index in [-0.39, 0.29) is 5.56 Å². The number of hydrogen-bond donors (Lipinski definition) is 1. The van der Waals surface area contributed by atoms with Crippen LogP contribution in [0.15, 0.2) is 35.4 Å². The summed E-state index contributed by atoms with van der Waals surface area (Å²) in [6, 6.07) is 6.38. The van der Waals surface area contributed by atoms with E-state index < -0.39 is 11.9 Å². The van der Waals surface area contributed by atoms with Crippen LogP contribution in [0.3, 0.4) is 0 Å². The maximum atomic E-state index is 12.1. The van der Waals surface area contributed by atoms with Crippen LogP contribution >= 0.6 is 0 Å². The molecule has 17 heavy (non-hydrogen) atoms. The Hall–Kier alpha value is -2.17. The average Bonchev–Trinajstić information content (AvgIpc) is 2.33. The number of hydrogen-bond acceptors (Lipinski definition) is 3. The second-order valence-electron chi connectivity index (χ2n) is 3.80. The van der Waals surface area contributed by atoms with Gasteiger partial charge in [-0.3, -0.25) is 14.2 Å². The smallest absolute Gasteiger partial charge is 0.261 e. The number of aromatic nitrogens is 2. The van der Waals surface area contributed by atoms with E-state index in [1.165, 1.54) is 10.9 Å². The highest BCUT2D eigenvalue weighted by Gasteiger charge is 2.17. The van der Waals surface area contributed by atoms with Gasteiger partial charge in [0.1, 0.15) is 6.04 Å². The Labute approximate surface area is 97.9 Å². The summed E-state index contributed by atoms with van der Waals surface area (Å²) < 4.78 is 1.30. The number of nitrogens with two attached hydrogens (primary N) is 1. The molecule has 0 aliphatic carbocycles. The first-order valence-corrected chi connectivity index (χ1v) is 5.40. The van der Waals surface area contributed by atoms with Crippen molar-refractivity contribution >= 4 is 16.8 Å². The SMILES string of the molecule is CCC(C(N)=O)n1cnc2ccccc2c1=O. The molecule has 0 spiro atoms. The van der Waals surface area contributed by atoms with Gasteiger partial charge in [0.25, 0.3) is 5.56 Å². The molecule has 0 aliphatic heterocycles. The summed E-state index contributed by atoms with van der Waals surface area (Å²) in [5.74, 6) is -0.522. The predicted molar refractivity (Wildman–Crippen MR) is 64.5 cm³/mol. The summed E-state index contributed by atoms with van der Waals surface area (Å²) in [7, 11) is 0. The van der Waals surface area contributed by atoms with E-state index in [1.807, 2.05) is 6.07 Å². The molecule has 1 aromatic carbocycles. The zero-order valence-electron chi connectivity index (χ0n) is 9.46. The maximum Gasteiger partial charge on any atom is 0.261 e. The number of rotatable bonds is 3. The lowest BCUT2D eigenvalue weighted by molar-refractivity contribution is -0.121. The summed E-state index contributed by atoms with van der Waals surface area (Å²) in [6.07, 6.45) is 1.85. The van der Waals surface area contributed by atoms with E-state index in [9.17, 15) is 9.59 Å². The Balaban J connectivity index is 2.68. The van der Waals surface area contributed by atoms with E-state index in [0.29, 0.717) is 17.3 Å². The van der Waals surface area contributed by atoms with Crippen molar-refractivity contribution in [2.24, 2.45) is 5.73 Å². The number of amides is 1. The molecule has 1 aromatic heterocycles. The molecule has 0 fully saturated rings. The van der Waals surface area contributed by atoms with Gasteiger partial charge in [-0.15, -0.1) is 0 Å². The fraction of sp³-hybridized carbons (Fsp3) is 0.250. The van der Waals surface area contributed by atoms with Crippen molar-refractivity contribution in [1.82, 2.24) is 9.55 Å². The van der Waals surface area contributed by atoms with Crippen LogP contribution in [0.2, 0.25) is 0 Å². The predicted octanol–water partition coefficient (Wildman–Crippen LogP) is 0.833. The fourth-order valence-electron chi connectivity index (χ4n) is 1.84. The van der Waals surface area contributed by atoms with E-state index in [2.05, 4.69) is 4.98 Å². The number of nitrogens with zero attached hydrogens (tertiary/aromatic N) is 2. The molecule has 2 N–H and O–H groups in total. The van der Waals surface area contributed by atoms with Gasteiger partial charge in [0.05, 0.1) is 17.2 Å². The Morgan fingerprint density at radius 2 is 2.18 bits per heavy atom. The number of benzene rings is 1. The standard InChI is InChI=1S/C12H13N3O2/c1-2-10(11(13)16)15-7-14-9-6-4-3-5-8(9)12(15)17/h3-7,10H,2H2,1H3,(H2,13,16). The fourth-order valence-corrected chi connectivity index (χ4v) is 1.84. The average molecular weight is 231 g/mol. The van der Waals surface area contributed by atoms with Gasteiger partial charge in [-0.05, 0) is 18.6 Å². The third-order valence-corrected chi connectivity index (χ3v) is 2.74. The number of para-hydroxylation sites is 1. The van der Waals surface area contributed by atoms with Crippen LogP contribution in [0.4, 0.5) is 0 Å². The van der Waals surface area contributed by atoms with Crippen molar-refractivity contribution in [1.29, 1.82) is 0 Å². The van der Waals surface area contributed by atoms with Gasteiger partial charge >= 0.3 is 0 Å². The molecule has 2 aromatic rings. The molecule has 0 aliphatic rings. The van der Waals surface area contributed by atoms with Crippen LogP contribution in [-0.2, 0) is 4.79 Å². The molecule has 2 rings (SSSR count). The Kier molecular flexibility index (Phi) is 2.91. The number of carbonyl (C=O) groups is 1. The summed E-state index contributed by atoms with van der Waals surface area (Å²) in [6.45, 7) is 1.80. The van der Waals surface area contributed by atoms with Crippen LogP contribution in [0.5, 0.6) is 0 Å². The van der Waals surface area contributed by atoms with Crippen molar-refractivity contribution < 1.29 is 4.79 Å². The minimum atomic E-state index is -0.639. The van der Waals surface area contributed by atoms with Gasteiger partial charge in [-0.25, -0.2) is 4.98 Å². The first kappa shape index (κ1) is 11.3. The highest BCUT2D eigenvalue weighted by molar-refractivity contribution is 5.80. The van der Waals surface area contributed by atoms with Crippen LogP contribution in [0, 0.1) is 0 Å². The third kappa shape index (κ3) is 1.91. The van der Waals surface area contributed by atoms with E-state index >= 15 is 0 Å². The number of primary amides is 1. The minimum absolute atomic E-state index is 0.235. The lowest BCUT2D eigenvalue weighted by atomic mass is 10.2. The zero-order chi connectivity index (χ0) is 12.4. The third-order valence-electron chi connectivity index (χ3n) is 2.74. The minimum Gasteiger partial charge on any atom is -0.368 e. The van der Waals surface area contributed by atoms with Crippen LogP contribution < -0.4 is 11.3 Å². The van der Waals surface area contributed by atoms with Crippen molar-refractivity contribution in [2.75, 3.05) is 0 Å². The van der Waals surface area contributed by atoms with E-state index in [1.54, 1.807) is 25.1 Å². The molecule has 5 nitrogen and oxygen atoms in total. The normalized spacial score (nSPS) is 12.5. The summed E-state index contributed by atoms with van der Waals surface area (Å²) in [4.78, 5) is 27.6. The second kappa shape index (κ2) is 4.37. The Morgan fingerprint density at radius 1 is 1.47 bits per heavy atom. The van der Waals surface area contributed by atoms with Crippen molar-refractivity contribution in [3.63, 3.8) is 0 Å². The molecule has 0 radical (unpaired) electrons. The monoisotopic (exact) mass is 231 g/mol. The van der Waals surface area contributed by atoms with Crippen molar-refractivity contribution in [2.45, 2.75) is 19.4 Å². The van der Waals surface area contributed by atoms with Gasteiger partial charge in [-0.1, -0.05) is 19.1 Å². The highest BCUT2D eigenvalue weighted by atomic mass is 16.2. The molecule has 1 atom stereocenters. The molecule has 0 saturated carbocycles. The largest absolute Gasteiger partial charge is 0.368 e. The quantitative estimate of drug-likeness (QED) is 0.849. The zero-order valence-corrected chi connectivity index (χ0v) is 9.46. The van der Waals surface area contributed by atoms with Gasteiger partial charge in [0.15, 0.2) is 0 Å². The molecule has 1 heterocycles. The summed E-state index contributed by atoms with van der Waals surface area (Å²) in [5, 5.41) is 0.495. The summed E-state index contributed by atoms with van der Waals surface area (Å²) >= 11 is 0. The number of carbonyl (C=O) groups excluding carboxylic acids is 1. The maximum absolute atomic E-state index is 12.1. The molecule has 1 unspecified atom stereocenters. The highest BCUT2D eigenvalue weighted by Crippen LogP contribution is 2.10. The van der Waals surface area contributed by atoms with Gasteiger partial charge in [0.2, 0.25) is 5.91 Å². The van der Waals surface area contributed by atoms with Gasteiger partial charge < -0.3 is 5.73 Å². The Bertz CT molecular complexity index is 618. The summed E-state index contributed by atoms with van der Waals surface area (Å²) in [5.41, 5.74) is 5.65. The topological polar surface area (TPSA) is 78.0 Å². The van der Waals surface area contributed by atoms with Crippen LogP contribution in [0.25, 0.3) is 10.9 Å². The van der Waals surface area contributed by atoms with Crippen LogP contribution in [-0.4, -0.2) is 15.5 Å². The van der Waals surface area contributed by atoms with E-state index in [4.69, 9.17) is 5.73 Å².